The monoisotopic (exact) mass is 405 g/mol. The third kappa shape index (κ3) is 2.88. The van der Waals surface area contributed by atoms with Crippen LogP contribution >= 0.6 is 0 Å². The second kappa shape index (κ2) is 6.58. The first kappa shape index (κ1) is 18.9. The highest BCUT2D eigenvalue weighted by Gasteiger charge is 2.55. The van der Waals surface area contributed by atoms with Gasteiger partial charge in [-0.2, -0.15) is 0 Å². The highest BCUT2D eigenvalue weighted by Crippen LogP contribution is 2.41. The van der Waals surface area contributed by atoms with E-state index in [1.54, 1.807) is 6.92 Å². The maximum absolute atomic E-state index is 13.1. The number of likely N-dealkylation sites (N-methyl/N-ethyl adjacent to an activating group) is 1. The molecule has 150 valence electrons. The van der Waals surface area contributed by atoms with E-state index in [1.165, 1.54) is 4.90 Å². The summed E-state index contributed by atoms with van der Waals surface area (Å²) in [6.45, 7) is 1.72. The Morgan fingerprint density at radius 3 is 2.75 bits per heavy atom. The molecule has 2 saturated heterocycles. The largest absolute Gasteiger partial charge is 0.337 e. The molecule has 0 saturated carbocycles. The molecule has 0 radical (unpaired) electrons. The first-order chi connectivity index (χ1) is 13.3. The Morgan fingerprint density at radius 1 is 1.32 bits per heavy atom. The molecule has 3 aliphatic rings. The van der Waals surface area contributed by atoms with E-state index in [1.807, 2.05) is 24.3 Å². The smallest absolute Gasteiger partial charge is 0.325 e. The van der Waals surface area contributed by atoms with Gasteiger partial charge in [0.05, 0.1) is 11.5 Å². The minimum absolute atomic E-state index is 0.0600. The van der Waals surface area contributed by atoms with Crippen LogP contribution in [-0.2, 0) is 31.4 Å². The number of hydrogen-bond acceptors (Lipinski definition) is 5. The summed E-state index contributed by atoms with van der Waals surface area (Å²) in [4.78, 5) is 41.0. The predicted molar refractivity (Wildman–Crippen MR) is 101 cm³/mol. The lowest BCUT2D eigenvalue weighted by Gasteiger charge is -2.28. The van der Waals surface area contributed by atoms with E-state index in [2.05, 4.69) is 5.32 Å². The molecule has 4 amide bonds. The molecule has 2 aliphatic heterocycles. The molecule has 0 bridgehead atoms. The lowest BCUT2D eigenvalue weighted by Crippen LogP contribution is -2.48. The summed E-state index contributed by atoms with van der Waals surface area (Å²) in [5.74, 6) is -0.823. The molecule has 1 spiro atoms. The summed E-state index contributed by atoms with van der Waals surface area (Å²) in [7, 11) is -3.14. The number of urea groups is 1. The number of carbonyl (C=O) groups excluding carboxylic acids is 3. The SMILES string of the molecule is CCN(C(=O)CN1C(=O)N[C@]2(CCc3ccccc32)C1=O)[C@H]1CCS(=O)(=O)C1. The highest BCUT2D eigenvalue weighted by atomic mass is 32.2. The van der Waals surface area contributed by atoms with E-state index in [0.717, 1.165) is 16.0 Å². The van der Waals surface area contributed by atoms with Crippen LogP contribution in [0.3, 0.4) is 0 Å². The molecular weight excluding hydrogens is 382 g/mol. The molecule has 8 nitrogen and oxygen atoms in total. The number of carbonyl (C=O) groups is 3. The van der Waals surface area contributed by atoms with Gasteiger partial charge in [-0.25, -0.2) is 13.2 Å². The van der Waals surface area contributed by atoms with Gasteiger partial charge in [0, 0.05) is 12.6 Å². The van der Waals surface area contributed by atoms with Crippen molar-refractivity contribution in [3.05, 3.63) is 35.4 Å². The zero-order chi connectivity index (χ0) is 20.1. The van der Waals surface area contributed by atoms with Crippen molar-refractivity contribution >= 4 is 27.7 Å². The number of imide groups is 1. The van der Waals surface area contributed by atoms with Crippen LogP contribution in [0.4, 0.5) is 4.79 Å². The molecular formula is C19H23N3O5S. The van der Waals surface area contributed by atoms with E-state index >= 15 is 0 Å². The predicted octanol–water partition coefficient (Wildman–Crippen LogP) is 0.416. The van der Waals surface area contributed by atoms with Crippen molar-refractivity contribution < 1.29 is 22.8 Å². The van der Waals surface area contributed by atoms with Crippen LogP contribution in [0.15, 0.2) is 24.3 Å². The number of aryl methyl sites for hydroxylation is 1. The molecule has 2 heterocycles. The Morgan fingerprint density at radius 2 is 2.07 bits per heavy atom. The molecule has 1 N–H and O–H groups in total. The van der Waals surface area contributed by atoms with E-state index in [4.69, 9.17) is 0 Å². The molecule has 2 fully saturated rings. The van der Waals surface area contributed by atoms with Crippen LogP contribution < -0.4 is 5.32 Å². The van der Waals surface area contributed by atoms with Gasteiger partial charge >= 0.3 is 6.03 Å². The Kier molecular flexibility index (Phi) is 4.45. The molecule has 0 unspecified atom stereocenters. The van der Waals surface area contributed by atoms with Crippen LogP contribution in [0.2, 0.25) is 0 Å². The maximum Gasteiger partial charge on any atom is 0.325 e. The van der Waals surface area contributed by atoms with Crippen LogP contribution in [0, 0.1) is 0 Å². The summed E-state index contributed by atoms with van der Waals surface area (Å²) in [6.07, 6.45) is 1.55. The second-order valence-corrected chi connectivity index (χ2v) is 9.85. The maximum atomic E-state index is 13.1. The summed E-state index contributed by atoms with van der Waals surface area (Å²) in [5.41, 5.74) is 0.718. The number of amides is 4. The Balaban J connectivity index is 1.53. The van der Waals surface area contributed by atoms with Gasteiger partial charge in [0.2, 0.25) is 5.91 Å². The number of fused-ring (bicyclic) bond motifs is 2. The molecule has 2 atom stereocenters. The molecule has 28 heavy (non-hydrogen) atoms. The van der Waals surface area contributed by atoms with Crippen LogP contribution in [-0.4, -0.2) is 66.7 Å². The third-order valence-corrected chi connectivity index (χ3v) is 7.78. The fourth-order valence-electron chi connectivity index (χ4n) is 4.62. The number of benzene rings is 1. The number of hydrogen-bond donors (Lipinski definition) is 1. The fraction of sp³-hybridized carbons (Fsp3) is 0.526. The van der Waals surface area contributed by atoms with Gasteiger partial charge in [-0.1, -0.05) is 24.3 Å². The number of sulfone groups is 1. The first-order valence-electron chi connectivity index (χ1n) is 9.50. The lowest BCUT2D eigenvalue weighted by atomic mass is 9.92. The van der Waals surface area contributed by atoms with Crippen molar-refractivity contribution in [3.8, 4) is 0 Å². The number of nitrogens with one attached hydrogen (secondary N) is 1. The average Bonchev–Trinajstić information content (AvgIpc) is 3.27. The van der Waals surface area contributed by atoms with Gasteiger partial charge in [-0.3, -0.25) is 14.5 Å². The second-order valence-electron chi connectivity index (χ2n) is 7.62. The van der Waals surface area contributed by atoms with Crippen molar-refractivity contribution in [1.82, 2.24) is 15.1 Å². The normalized spacial score (nSPS) is 27.9. The molecule has 1 aromatic rings. The van der Waals surface area contributed by atoms with E-state index in [-0.39, 0.29) is 18.1 Å². The van der Waals surface area contributed by atoms with Gasteiger partial charge < -0.3 is 10.2 Å². The molecule has 9 heteroatoms. The molecule has 4 rings (SSSR count). The highest BCUT2D eigenvalue weighted by molar-refractivity contribution is 7.91. The van der Waals surface area contributed by atoms with Crippen molar-refractivity contribution in [2.45, 2.75) is 37.8 Å². The van der Waals surface area contributed by atoms with Gasteiger partial charge in [-0.05, 0) is 37.3 Å². The summed E-state index contributed by atoms with van der Waals surface area (Å²) in [5, 5.41) is 2.80. The minimum atomic E-state index is -3.14. The van der Waals surface area contributed by atoms with Crippen molar-refractivity contribution in [1.29, 1.82) is 0 Å². The van der Waals surface area contributed by atoms with E-state index in [0.29, 0.717) is 25.8 Å². The van der Waals surface area contributed by atoms with Gasteiger partial charge in [0.15, 0.2) is 9.84 Å². The van der Waals surface area contributed by atoms with Crippen molar-refractivity contribution in [2.24, 2.45) is 0 Å². The summed E-state index contributed by atoms with van der Waals surface area (Å²) >= 11 is 0. The van der Waals surface area contributed by atoms with Crippen LogP contribution in [0.5, 0.6) is 0 Å². The molecule has 0 aromatic heterocycles. The van der Waals surface area contributed by atoms with Crippen LogP contribution in [0.25, 0.3) is 0 Å². The molecule has 1 aromatic carbocycles. The topological polar surface area (TPSA) is 104 Å². The number of nitrogens with zero attached hydrogens (tertiary/aromatic N) is 2. The van der Waals surface area contributed by atoms with Gasteiger partial charge in [0.1, 0.15) is 12.1 Å². The third-order valence-electron chi connectivity index (χ3n) is 6.03. The molecule has 1 aliphatic carbocycles. The standard InChI is InChI=1S/C19H23N3O5S/c1-2-21(14-8-10-28(26,27)12-14)16(23)11-22-17(24)19(20-18(22)25)9-7-13-5-3-4-6-15(13)19/h3-6,14H,2,7-12H2,1H3,(H,20,25)/t14-,19-/m0/s1. The fourth-order valence-corrected chi connectivity index (χ4v) is 6.35. The Bertz CT molecular complexity index is 960. The van der Waals surface area contributed by atoms with Gasteiger partial charge in [-0.15, -0.1) is 0 Å². The zero-order valence-corrected chi connectivity index (χ0v) is 16.5. The Hall–Kier alpha value is -2.42. The Labute approximate surface area is 163 Å². The number of rotatable bonds is 4. The first-order valence-corrected chi connectivity index (χ1v) is 11.3. The summed E-state index contributed by atoms with van der Waals surface area (Å²) < 4.78 is 23.5. The van der Waals surface area contributed by atoms with E-state index < -0.39 is 39.3 Å². The average molecular weight is 405 g/mol. The summed E-state index contributed by atoms with van der Waals surface area (Å²) in [6, 6.07) is 6.53. The zero-order valence-electron chi connectivity index (χ0n) is 15.7. The van der Waals surface area contributed by atoms with E-state index in [9.17, 15) is 22.8 Å². The van der Waals surface area contributed by atoms with Crippen molar-refractivity contribution in [3.63, 3.8) is 0 Å². The van der Waals surface area contributed by atoms with Gasteiger partial charge in [0.25, 0.3) is 5.91 Å². The quantitative estimate of drug-likeness (QED) is 0.731. The van der Waals surface area contributed by atoms with Crippen LogP contribution in [0.1, 0.15) is 30.9 Å². The minimum Gasteiger partial charge on any atom is -0.337 e. The van der Waals surface area contributed by atoms with Crippen molar-refractivity contribution in [2.75, 3.05) is 24.6 Å². The lowest BCUT2D eigenvalue weighted by molar-refractivity contribution is -0.140.